The van der Waals surface area contributed by atoms with E-state index in [1.54, 1.807) is 0 Å². The van der Waals surface area contributed by atoms with E-state index in [0.717, 1.165) is 12.6 Å². The highest BCUT2D eigenvalue weighted by atomic mass is 16.5. The van der Waals surface area contributed by atoms with Gasteiger partial charge in [0, 0.05) is 18.1 Å². The van der Waals surface area contributed by atoms with Crippen LogP contribution in [-0.2, 0) is 4.74 Å². The standard InChI is InChI=1S/C12H23NO/c1-3-14-11-9-10(13-2)12(11)7-5-4-6-8-12/h10-11,13H,3-9H2,1-2H3/t10-,11+/m1/s1. The summed E-state index contributed by atoms with van der Waals surface area (Å²) in [4.78, 5) is 0. The lowest BCUT2D eigenvalue weighted by atomic mass is 9.55. The quantitative estimate of drug-likeness (QED) is 0.750. The Hall–Kier alpha value is -0.0800. The van der Waals surface area contributed by atoms with E-state index < -0.39 is 0 Å². The first-order chi connectivity index (χ1) is 6.83. The van der Waals surface area contributed by atoms with E-state index >= 15 is 0 Å². The minimum absolute atomic E-state index is 0.503. The molecule has 82 valence electrons. The van der Waals surface area contributed by atoms with Gasteiger partial charge in [-0.1, -0.05) is 19.3 Å². The van der Waals surface area contributed by atoms with Crippen molar-refractivity contribution in [3.8, 4) is 0 Å². The number of hydrogen-bond donors (Lipinski definition) is 1. The molecular formula is C12H23NO. The van der Waals surface area contributed by atoms with Gasteiger partial charge in [-0.15, -0.1) is 0 Å². The fourth-order valence-corrected chi connectivity index (χ4v) is 3.47. The molecule has 0 unspecified atom stereocenters. The minimum Gasteiger partial charge on any atom is -0.378 e. The number of ether oxygens (including phenoxy) is 1. The molecule has 2 heteroatoms. The molecule has 2 aliphatic carbocycles. The zero-order valence-electron chi connectivity index (χ0n) is 9.51. The molecule has 1 spiro atoms. The van der Waals surface area contributed by atoms with Crippen LogP contribution in [0.2, 0.25) is 0 Å². The van der Waals surface area contributed by atoms with Crippen LogP contribution in [0.25, 0.3) is 0 Å². The molecule has 0 radical (unpaired) electrons. The summed E-state index contributed by atoms with van der Waals surface area (Å²) in [6, 6.07) is 0.722. The average Bonchev–Trinajstić information content (AvgIpc) is 2.25. The van der Waals surface area contributed by atoms with Crippen molar-refractivity contribution in [2.75, 3.05) is 13.7 Å². The van der Waals surface area contributed by atoms with Gasteiger partial charge in [-0.25, -0.2) is 0 Å². The molecule has 2 nitrogen and oxygen atoms in total. The van der Waals surface area contributed by atoms with Crippen LogP contribution in [0, 0.1) is 5.41 Å². The molecule has 0 aliphatic heterocycles. The monoisotopic (exact) mass is 197 g/mol. The summed E-state index contributed by atoms with van der Waals surface area (Å²) >= 11 is 0. The highest BCUT2D eigenvalue weighted by molar-refractivity contribution is 5.08. The highest BCUT2D eigenvalue weighted by Crippen LogP contribution is 2.53. The maximum absolute atomic E-state index is 5.86. The van der Waals surface area contributed by atoms with Gasteiger partial charge in [-0.05, 0) is 33.2 Å². The third-order valence-electron chi connectivity index (χ3n) is 4.29. The van der Waals surface area contributed by atoms with Crippen LogP contribution in [0.5, 0.6) is 0 Å². The smallest absolute Gasteiger partial charge is 0.0661 e. The summed E-state index contributed by atoms with van der Waals surface area (Å²) in [5.41, 5.74) is 0.503. The highest BCUT2D eigenvalue weighted by Gasteiger charge is 2.54. The molecule has 2 fully saturated rings. The fraction of sp³-hybridized carbons (Fsp3) is 1.00. The Morgan fingerprint density at radius 3 is 2.57 bits per heavy atom. The molecule has 0 bridgehead atoms. The number of nitrogens with one attached hydrogen (secondary N) is 1. The maximum atomic E-state index is 5.86. The van der Waals surface area contributed by atoms with E-state index in [-0.39, 0.29) is 0 Å². The second kappa shape index (κ2) is 4.19. The van der Waals surface area contributed by atoms with Gasteiger partial charge in [0.15, 0.2) is 0 Å². The Balaban J connectivity index is 2.01. The van der Waals surface area contributed by atoms with Crippen molar-refractivity contribution in [2.45, 2.75) is 57.6 Å². The van der Waals surface area contributed by atoms with Crippen molar-refractivity contribution in [1.82, 2.24) is 5.32 Å². The molecule has 0 aromatic heterocycles. The van der Waals surface area contributed by atoms with E-state index in [1.165, 1.54) is 38.5 Å². The topological polar surface area (TPSA) is 21.3 Å². The molecule has 0 heterocycles. The Kier molecular flexibility index (Phi) is 3.13. The van der Waals surface area contributed by atoms with Crippen LogP contribution in [0.15, 0.2) is 0 Å². The van der Waals surface area contributed by atoms with Gasteiger partial charge in [-0.2, -0.15) is 0 Å². The van der Waals surface area contributed by atoms with Crippen molar-refractivity contribution in [1.29, 1.82) is 0 Å². The maximum Gasteiger partial charge on any atom is 0.0661 e. The molecule has 0 amide bonds. The lowest BCUT2D eigenvalue weighted by Crippen LogP contribution is -2.63. The lowest BCUT2D eigenvalue weighted by molar-refractivity contribution is -0.148. The van der Waals surface area contributed by atoms with Gasteiger partial charge < -0.3 is 10.1 Å². The van der Waals surface area contributed by atoms with Crippen molar-refractivity contribution in [2.24, 2.45) is 5.41 Å². The van der Waals surface area contributed by atoms with Crippen molar-refractivity contribution >= 4 is 0 Å². The summed E-state index contributed by atoms with van der Waals surface area (Å²) in [6.45, 7) is 2.99. The predicted molar refractivity (Wildman–Crippen MR) is 58.4 cm³/mol. The second-order valence-corrected chi connectivity index (χ2v) is 4.81. The van der Waals surface area contributed by atoms with Gasteiger partial charge in [-0.3, -0.25) is 0 Å². The molecule has 2 saturated carbocycles. The van der Waals surface area contributed by atoms with E-state index in [9.17, 15) is 0 Å². The van der Waals surface area contributed by atoms with Crippen LogP contribution < -0.4 is 5.32 Å². The van der Waals surface area contributed by atoms with E-state index in [1.807, 2.05) is 0 Å². The first-order valence-electron chi connectivity index (χ1n) is 6.12. The van der Waals surface area contributed by atoms with Crippen molar-refractivity contribution < 1.29 is 4.74 Å². The molecular weight excluding hydrogens is 174 g/mol. The van der Waals surface area contributed by atoms with Crippen molar-refractivity contribution in [3.05, 3.63) is 0 Å². The summed E-state index contributed by atoms with van der Waals surface area (Å²) in [7, 11) is 2.10. The number of hydrogen-bond acceptors (Lipinski definition) is 2. The second-order valence-electron chi connectivity index (χ2n) is 4.81. The van der Waals surface area contributed by atoms with Gasteiger partial charge >= 0.3 is 0 Å². The zero-order valence-corrected chi connectivity index (χ0v) is 9.51. The summed E-state index contributed by atoms with van der Waals surface area (Å²) in [5, 5.41) is 3.47. The molecule has 0 saturated heterocycles. The average molecular weight is 197 g/mol. The zero-order chi connectivity index (χ0) is 10.0. The van der Waals surface area contributed by atoms with Gasteiger partial charge in [0.1, 0.15) is 0 Å². The molecule has 2 atom stereocenters. The molecule has 14 heavy (non-hydrogen) atoms. The SMILES string of the molecule is CCO[C@H]1C[C@@H](NC)C12CCCCC2. The van der Waals surface area contributed by atoms with Crippen LogP contribution in [-0.4, -0.2) is 25.8 Å². The summed E-state index contributed by atoms with van der Waals surface area (Å²) in [6.07, 6.45) is 8.77. The van der Waals surface area contributed by atoms with E-state index in [0.29, 0.717) is 11.5 Å². The van der Waals surface area contributed by atoms with Crippen LogP contribution in [0.3, 0.4) is 0 Å². The normalized spacial score (nSPS) is 35.6. The van der Waals surface area contributed by atoms with Gasteiger partial charge in [0.25, 0.3) is 0 Å². The Morgan fingerprint density at radius 2 is 2.00 bits per heavy atom. The number of rotatable bonds is 3. The molecule has 1 N–H and O–H groups in total. The van der Waals surface area contributed by atoms with Crippen LogP contribution in [0.1, 0.15) is 45.4 Å². The summed E-state index contributed by atoms with van der Waals surface area (Å²) < 4.78 is 5.86. The predicted octanol–water partition coefficient (Wildman–Crippen LogP) is 2.33. The first kappa shape index (κ1) is 10.4. The van der Waals surface area contributed by atoms with Crippen LogP contribution in [0.4, 0.5) is 0 Å². The van der Waals surface area contributed by atoms with E-state index in [4.69, 9.17) is 4.74 Å². The first-order valence-corrected chi connectivity index (χ1v) is 6.12. The molecule has 0 aromatic carbocycles. The third kappa shape index (κ3) is 1.49. The minimum atomic E-state index is 0.503. The molecule has 0 aromatic rings. The van der Waals surface area contributed by atoms with Gasteiger partial charge in [0.05, 0.1) is 6.10 Å². The molecule has 2 aliphatic rings. The molecule has 2 rings (SSSR count). The largest absolute Gasteiger partial charge is 0.378 e. The lowest BCUT2D eigenvalue weighted by Gasteiger charge is -2.57. The third-order valence-corrected chi connectivity index (χ3v) is 4.29. The fourth-order valence-electron chi connectivity index (χ4n) is 3.47. The van der Waals surface area contributed by atoms with Crippen LogP contribution >= 0.6 is 0 Å². The van der Waals surface area contributed by atoms with Gasteiger partial charge in [0.2, 0.25) is 0 Å². The summed E-state index contributed by atoms with van der Waals surface area (Å²) in [5.74, 6) is 0. The van der Waals surface area contributed by atoms with E-state index in [2.05, 4.69) is 19.3 Å². The Bertz CT molecular complexity index is 187. The van der Waals surface area contributed by atoms with Crippen molar-refractivity contribution in [3.63, 3.8) is 0 Å². The Labute approximate surface area is 87.4 Å². The Morgan fingerprint density at radius 1 is 1.29 bits per heavy atom.